The smallest absolute Gasteiger partial charge is 0.0686 e. The van der Waals surface area contributed by atoms with E-state index in [0.29, 0.717) is 5.92 Å². The Balaban J connectivity index is 1.75. The molecule has 1 saturated carbocycles. The fourth-order valence-electron chi connectivity index (χ4n) is 4.06. The van der Waals surface area contributed by atoms with Crippen LogP contribution in [0.15, 0.2) is 30.3 Å². The lowest BCUT2D eigenvalue weighted by atomic mass is 9.73. The van der Waals surface area contributed by atoms with Crippen molar-refractivity contribution in [2.24, 2.45) is 11.8 Å². The summed E-state index contributed by atoms with van der Waals surface area (Å²) in [7, 11) is 0. The van der Waals surface area contributed by atoms with Crippen LogP contribution in [0.5, 0.6) is 0 Å². The van der Waals surface area contributed by atoms with E-state index >= 15 is 0 Å². The number of benzene rings is 1. The zero-order valence-corrected chi connectivity index (χ0v) is 12.2. The molecule has 20 heavy (non-hydrogen) atoms. The molecule has 3 rings (SSSR count). The summed E-state index contributed by atoms with van der Waals surface area (Å²) in [6.07, 6.45) is 8.72. The Kier molecular flexibility index (Phi) is 4.39. The Morgan fingerprint density at radius 3 is 2.60 bits per heavy atom. The van der Waals surface area contributed by atoms with E-state index in [1.807, 2.05) is 0 Å². The van der Waals surface area contributed by atoms with Crippen molar-refractivity contribution in [3.8, 4) is 0 Å². The predicted molar refractivity (Wildman–Crippen MR) is 81.0 cm³/mol. The van der Waals surface area contributed by atoms with Crippen molar-refractivity contribution in [3.05, 3.63) is 35.9 Å². The Labute approximate surface area is 121 Å². The van der Waals surface area contributed by atoms with Crippen molar-refractivity contribution in [2.45, 2.75) is 56.6 Å². The molecule has 3 nitrogen and oxygen atoms in total. The van der Waals surface area contributed by atoms with Crippen LogP contribution in [0.3, 0.4) is 0 Å². The number of ether oxygens (including phenoxy) is 1. The molecule has 0 aromatic heterocycles. The lowest BCUT2D eigenvalue weighted by Gasteiger charge is -2.45. The van der Waals surface area contributed by atoms with E-state index in [-0.39, 0.29) is 11.6 Å². The molecule has 0 bridgehead atoms. The normalized spacial score (nSPS) is 27.4. The van der Waals surface area contributed by atoms with E-state index in [9.17, 15) is 0 Å². The molecule has 1 aliphatic heterocycles. The Morgan fingerprint density at radius 2 is 1.90 bits per heavy atom. The summed E-state index contributed by atoms with van der Waals surface area (Å²) in [6.45, 7) is 0.885. The number of nitrogens with one attached hydrogen (secondary N) is 1. The van der Waals surface area contributed by atoms with E-state index in [1.54, 1.807) is 0 Å². The molecule has 1 aromatic carbocycles. The van der Waals surface area contributed by atoms with E-state index in [0.717, 1.165) is 19.4 Å². The van der Waals surface area contributed by atoms with Crippen molar-refractivity contribution >= 4 is 0 Å². The van der Waals surface area contributed by atoms with Crippen molar-refractivity contribution in [3.63, 3.8) is 0 Å². The third kappa shape index (κ3) is 2.90. The summed E-state index contributed by atoms with van der Waals surface area (Å²) in [6, 6.07) is 10.8. The molecular formula is C17H26N2O. The van der Waals surface area contributed by atoms with Gasteiger partial charge in [-0.25, -0.2) is 0 Å². The highest BCUT2D eigenvalue weighted by Crippen LogP contribution is 2.44. The minimum Gasteiger partial charge on any atom is -0.375 e. The maximum atomic E-state index is 6.20. The predicted octanol–water partition coefficient (Wildman–Crippen LogP) is 3.32. The van der Waals surface area contributed by atoms with Gasteiger partial charge in [-0.2, -0.15) is 0 Å². The van der Waals surface area contributed by atoms with E-state index < -0.39 is 0 Å². The molecule has 0 amide bonds. The molecular weight excluding hydrogens is 248 g/mol. The third-order valence-electron chi connectivity index (χ3n) is 5.11. The summed E-state index contributed by atoms with van der Waals surface area (Å²) in [5, 5.41) is 0. The van der Waals surface area contributed by atoms with Crippen molar-refractivity contribution in [2.75, 3.05) is 6.61 Å². The second-order valence-electron chi connectivity index (χ2n) is 6.40. The molecule has 3 heteroatoms. The Morgan fingerprint density at radius 1 is 1.15 bits per heavy atom. The monoisotopic (exact) mass is 274 g/mol. The molecule has 2 unspecified atom stereocenters. The first kappa shape index (κ1) is 14.1. The van der Waals surface area contributed by atoms with Crippen LogP contribution >= 0.6 is 0 Å². The van der Waals surface area contributed by atoms with Gasteiger partial charge in [-0.3, -0.25) is 11.3 Å². The van der Waals surface area contributed by atoms with Gasteiger partial charge < -0.3 is 4.74 Å². The second-order valence-corrected chi connectivity index (χ2v) is 6.40. The standard InChI is InChI=1S/C17H26N2O/c18-19-16(14-7-3-1-4-8-14)15-9-12-20-17(13-15)10-5-2-6-11-17/h1,3-4,7-8,15-16,19H,2,5-6,9-13,18H2. The van der Waals surface area contributed by atoms with Gasteiger partial charge in [-0.05, 0) is 37.2 Å². The Bertz CT molecular complexity index is 409. The van der Waals surface area contributed by atoms with Gasteiger partial charge in [-0.15, -0.1) is 0 Å². The first-order chi connectivity index (χ1) is 9.83. The van der Waals surface area contributed by atoms with Gasteiger partial charge in [0.1, 0.15) is 0 Å². The first-order valence-corrected chi connectivity index (χ1v) is 7.98. The summed E-state index contributed by atoms with van der Waals surface area (Å²) >= 11 is 0. The highest BCUT2D eigenvalue weighted by Gasteiger charge is 2.40. The summed E-state index contributed by atoms with van der Waals surface area (Å²) in [5.74, 6) is 6.44. The average molecular weight is 274 g/mol. The second kappa shape index (κ2) is 6.25. The van der Waals surface area contributed by atoms with Crippen LogP contribution in [0.4, 0.5) is 0 Å². The van der Waals surface area contributed by atoms with E-state index in [1.165, 1.54) is 37.7 Å². The number of hydrazine groups is 1. The molecule has 1 saturated heterocycles. The summed E-state index contributed by atoms with van der Waals surface area (Å²) in [4.78, 5) is 0. The van der Waals surface area contributed by atoms with Gasteiger partial charge in [0.15, 0.2) is 0 Å². The fourth-order valence-corrected chi connectivity index (χ4v) is 4.06. The molecule has 1 spiro atoms. The van der Waals surface area contributed by atoms with Crippen molar-refractivity contribution < 1.29 is 4.74 Å². The third-order valence-corrected chi connectivity index (χ3v) is 5.11. The van der Waals surface area contributed by atoms with Crippen LogP contribution in [-0.4, -0.2) is 12.2 Å². The molecule has 2 aliphatic rings. The van der Waals surface area contributed by atoms with Crippen LogP contribution in [0.2, 0.25) is 0 Å². The summed E-state index contributed by atoms with van der Waals surface area (Å²) in [5.41, 5.74) is 4.50. The van der Waals surface area contributed by atoms with Gasteiger partial charge in [0.25, 0.3) is 0 Å². The fraction of sp³-hybridized carbons (Fsp3) is 0.647. The van der Waals surface area contributed by atoms with Gasteiger partial charge in [0.2, 0.25) is 0 Å². The van der Waals surface area contributed by atoms with Gasteiger partial charge in [0.05, 0.1) is 5.60 Å². The topological polar surface area (TPSA) is 47.3 Å². The summed E-state index contributed by atoms with van der Waals surface area (Å²) < 4.78 is 6.20. The lowest BCUT2D eigenvalue weighted by molar-refractivity contribution is -0.122. The van der Waals surface area contributed by atoms with Crippen LogP contribution < -0.4 is 11.3 Å². The first-order valence-electron chi connectivity index (χ1n) is 7.98. The van der Waals surface area contributed by atoms with E-state index in [2.05, 4.69) is 35.8 Å². The molecule has 2 atom stereocenters. The number of nitrogens with two attached hydrogens (primary N) is 1. The molecule has 1 aromatic rings. The van der Waals surface area contributed by atoms with Crippen LogP contribution in [0.25, 0.3) is 0 Å². The molecule has 110 valence electrons. The van der Waals surface area contributed by atoms with Crippen molar-refractivity contribution in [1.29, 1.82) is 0 Å². The average Bonchev–Trinajstić information content (AvgIpc) is 2.50. The number of hydrogen-bond donors (Lipinski definition) is 2. The zero-order chi connectivity index (χ0) is 13.8. The van der Waals surface area contributed by atoms with Crippen LogP contribution in [-0.2, 0) is 4.74 Å². The molecule has 2 fully saturated rings. The minimum atomic E-state index is 0.144. The lowest BCUT2D eigenvalue weighted by Crippen LogP contribution is -2.45. The maximum Gasteiger partial charge on any atom is 0.0686 e. The molecule has 1 heterocycles. The minimum absolute atomic E-state index is 0.144. The quantitative estimate of drug-likeness (QED) is 0.656. The molecule has 3 N–H and O–H groups in total. The molecule has 1 aliphatic carbocycles. The van der Waals surface area contributed by atoms with E-state index in [4.69, 9.17) is 10.6 Å². The van der Waals surface area contributed by atoms with Gasteiger partial charge in [-0.1, -0.05) is 49.6 Å². The zero-order valence-electron chi connectivity index (χ0n) is 12.2. The number of rotatable bonds is 3. The Hall–Kier alpha value is -0.900. The van der Waals surface area contributed by atoms with Crippen molar-refractivity contribution in [1.82, 2.24) is 5.43 Å². The van der Waals surface area contributed by atoms with Crippen LogP contribution in [0.1, 0.15) is 56.6 Å². The van der Waals surface area contributed by atoms with Crippen LogP contribution in [0, 0.1) is 5.92 Å². The van der Waals surface area contributed by atoms with Gasteiger partial charge >= 0.3 is 0 Å². The van der Waals surface area contributed by atoms with Gasteiger partial charge in [0, 0.05) is 12.6 Å². The molecule has 0 radical (unpaired) electrons. The number of hydrogen-bond acceptors (Lipinski definition) is 3. The largest absolute Gasteiger partial charge is 0.375 e. The maximum absolute atomic E-state index is 6.20. The highest BCUT2D eigenvalue weighted by atomic mass is 16.5. The highest BCUT2D eigenvalue weighted by molar-refractivity contribution is 5.20. The SMILES string of the molecule is NNC(c1ccccc1)C1CCOC2(CCCCC2)C1.